The zero-order chi connectivity index (χ0) is 19.3. The molecule has 0 bridgehead atoms. The highest BCUT2D eigenvalue weighted by molar-refractivity contribution is 5.93. The summed E-state index contributed by atoms with van der Waals surface area (Å²) in [5.74, 6) is 0.00520. The third kappa shape index (κ3) is 4.05. The van der Waals surface area contributed by atoms with Crippen molar-refractivity contribution in [1.29, 1.82) is 0 Å². The van der Waals surface area contributed by atoms with Crippen LogP contribution >= 0.6 is 0 Å². The summed E-state index contributed by atoms with van der Waals surface area (Å²) in [4.78, 5) is 14.3. The van der Waals surface area contributed by atoms with Crippen LogP contribution in [0.15, 0.2) is 66.9 Å². The predicted molar refractivity (Wildman–Crippen MR) is 110 cm³/mol. The lowest BCUT2D eigenvalue weighted by Crippen LogP contribution is -2.39. The molecule has 0 atom stereocenters. The second kappa shape index (κ2) is 8.23. The first-order chi connectivity index (χ1) is 13.7. The molecule has 1 saturated heterocycles. The van der Waals surface area contributed by atoms with E-state index >= 15 is 0 Å². The molecule has 2 heterocycles. The Morgan fingerprint density at radius 1 is 1.04 bits per heavy atom. The molecule has 142 valence electrons. The molecule has 0 spiro atoms. The third-order valence-electron chi connectivity index (χ3n) is 4.82. The number of carbonyl (C=O) groups is 1. The third-order valence-corrected chi connectivity index (χ3v) is 4.82. The lowest BCUT2D eigenvalue weighted by molar-refractivity contribution is -0.129. The average Bonchev–Trinajstić information content (AvgIpc) is 3.18. The molecular formula is C23H23N3O2. The summed E-state index contributed by atoms with van der Waals surface area (Å²) in [6.45, 7) is 4.53. The molecule has 0 saturated carbocycles. The largest absolute Gasteiger partial charge is 0.378 e. The van der Waals surface area contributed by atoms with Gasteiger partial charge in [0.1, 0.15) is 0 Å². The van der Waals surface area contributed by atoms with Crippen molar-refractivity contribution >= 4 is 12.0 Å². The van der Waals surface area contributed by atoms with Gasteiger partial charge in [0.15, 0.2) is 0 Å². The van der Waals surface area contributed by atoms with Crippen molar-refractivity contribution in [3.05, 3.63) is 78.0 Å². The molecule has 4 rings (SSSR count). The number of benzene rings is 2. The van der Waals surface area contributed by atoms with Gasteiger partial charge in [0.05, 0.1) is 24.6 Å². The van der Waals surface area contributed by atoms with E-state index in [4.69, 9.17) is 9.84 Å². The minimum absolute atomic E-state index is 0.00520. The highest BCUT2D eigenvalue weighted by atomic mass is 16.5. The van der Waals surface area contributed by atoms with Crippen LogP contribution < -0.4 is 0 Å². The van der Waals surface area contributed by atoms with Crippen LogP contribution in [0.5, 0.6) is 0 Å². The van der Waals surface area contributed by atoms with Gasteiger partial charge in [-0.15, -0.1) is 0 Å². The second-order valence-electron chi connectivity index (χ2n) is 6.85. The van der Waals surface area contributed by atoms with E-state index in [2.05, 4.69) is 31.2 Å². The van der Waals surface area contributed by atoms with Gasteiger partial charge in [0.2, 0.25) is 5.91 Å². The number of aryl methyl sites for hydroxylation is 1. The first-order valence-electron chi connectivity index (χ1n) is 9.47. The molecule has 5 nitrogen and oxygen atoms in total. The number of hydrogen-bond donors (Lipinski definition) is 0. The number of para-hydroxylation sites is 1. The Hall–Kier alpha value is -3.18. The maximum atomic E-state index is 12.5. The van der Waals surface area contributed by atoms with Gasteiger partial charge in [0.25, 0.3) is 0 Å². The number of morpholine rings is 1. The maximum Gasteiger partial charge on any atom is 0.246 e. The number of hydrogen-bond acceptors (Lipinski definition) is 3. The zero-order valence-corrected chi connectivity index (χ0v) is 15.9. The summed E-state index contributed by atoms with van der Waals surface area (Å²) in [6.07, 6.45) is 5.46. The van der Waals surface area contributed by atoms with Crippen LogP contribution in [0.4, 0.5) is 0 Å². The molecule has 28 heavy (non-hydrogen) atoms. The molecule has 0 aliphatic carbocycles. The van der Waals surface area contributed by atoms with Gasteiger partial charge in [-0.3, -0.25) is 4.79 Å². The van der Waals surface area contributed by atoms with Gasteiger partial charge in [-0.2, -0.15) is 5.10 Å². The van der Waals surface area contributed by atoms with E-state index in [1.54, 1.807) is 6.08 Å². The fourth-order valence-electron chi connectivity index (χ4n) is 3.21. The van der Waals surface area contributed by atoms with Crippen molar-refractivity contribution in [3.63, 3.8) is 0 Å². The topological polar surface area (TPSA) is 47.4 Å². The Morgan fingerprint density at radius 2 is 1.75 bits per heavy atom. The van der Waals surface area contributed by atoms with E-state index in [-0.39, 0.29) is 5.91 Å². The van der Waals surface area contributed by atoms with E-state index in [1.165, 1.54) is 5.56 Å². The number of aromatic nitrogens is 2. The van der Waals surface area contributed by atoms with Gasteiger partial charge in [-0.25, -0.2) is 4.68 Å². The number of amides is 1. The van der Waals surface area contributed by atoms with Crippen LogP contribution in [0, 0.1) is 6.92 Å². The van der Waals surface area contributed by atoms with E-state index in [0.717, 1.165) is 22.5 Å². The highest BCUT2D eigenvalue weighted by Gasteiger charge is 2.15. The number of nitrogens with zero attached hydrogens (tertiary/aromatic N) is 3. The fourth-order valence-corrected chi connectivity index (χ4v) is 3.21. The Labute approximate surface area is 164 Å². The molecular weight excluding hydrogens is 350 g/mol. The summed E-state index contributed by atoms with van der Waals surface area (Å²) in [5, 5.41) is 4.79. The first kappa shape index (κ1) is 18.2. The summed E-state index contributed by atoms with van der Waals surface area (Å²) in [5.41, 5.74) is 4.98. The summed E-state index contributed by atoms with van der Waals surface area (Å²) in [7, 11) is 0. The SMILES string of the molecule is Cc1ccc(-c2nn(-c3ccccc3)cc2/C=C/C(=O)N2CCOCC2)cc1. The van der Waals surface area contributed by atoms with Gasteiger partial charge in [-0.05, 0) is 25.1 Å². The number of rotatable bonds is 4. The van der Waals surface area contributed by atoms with Crippen molar-refractivity contribution in [1.82, 2.24) is 14.7 Å². The normalized spacial score (nSPS) is 14.5. The van der Waals surface area contributed by atoms with Crippen LogP contribution in [0.25, 0.3) is 23.0 Å². The van der Waals surface area contributed by atoms with Crippen molar-refractivity contribution in [2.45, 2.75) is 6.92 Å². The lowest BCUT2D eigenvalue weighted by atomic mass is 10.1. The highest BCUT2D eigenvalue weighted by Crippen LogP contribution is 2.25. The van der Waals surface area contributed by atoms with Gasteiger partial charge in [0, 0.05) is 36.5 Å². The molecule has 1 fully saturated rings. The quantitative estimate of drug-likeness (QED) is 0.655. The van der Waals surface area contributed by atoms with E-state index in [0.29, 0.717) is 26.3 Å². The molecule has 2 aromatic carbocycles. The Balaban J connectivity index is 1.67. The lowest BCUT2D eigenvalue weighted by Gasteiger charge is -2.25. The summed E-state index contributed by atoms with van der Waals surface area (Å²) in [6, 6.07) is 18.3. The molecule has 1 amide bonds. The van der Waals surface area contributed by atoms with Crippen LogP contribution in [0.1, 0.15) is 11.1 Å². The zero-order valence-electron chi connectivity index (χ0n) is 15.9. The van der Waals surface area contributed by atoms with Gasteiger partial charge >= 0.3 is 0 Å². The number of ether oxygens (including phenoxy) is 1. The maximum absolute atomic E-state index is 12.5. The smallest absolute Gasteiger partial charge is 0.246 e. The Kier molecular flexibility index (Phi) is 5.35. The van der Waals surface area contributed by atoms with Crippen LogP contribution in [0.2, 0.25) is 0 Å². The summed E-state index contributed by atoms with van der Waals surface area (Å²) < 4.78 is 7.18. The minimum atomic E-state index is 0.00520. The predicted octanol–water partition coefficient (Wildman–Crippen LogP) is 3.72. The standard InChI is InChI=1S/C23H23N3O2/c1-18-7-9-19(10-8-18)23-20(11-12-22(27)25-13-15-28-16-14-25)17-26(24-23)21-5-3-2-4-6-21/h2-12,17H,13-16H2,1H3/b12-11+. The fraction of sp³-hybridized carbons (Fsp3) is 0.217. The monoisotopic (exact) mass is 373 g/mol. The van der Waals surface area contributed by atoms with Gasteiger partial charge in [-0.1, -0.05) is 48.0 Å². The summed E-state index contributed by atoms with van der Waals surface area (Å²) >= 11 is 0. The van der Waals surface area contributed by atoms with Gasteiger partial charge < -0.3 is 9.64 Å². The molecule has 1 aromatic heterocycles. The molecule has 5 heteroatoms. The van der Waals surface area contributed by atoms with Crippen molar-refractivity contribution in [2.75, 3.05) is 26.3 Å². The molecule has 1 aliphatic heterocycles. The Bertz CT molecular complexity index is 969. The minimum Gasteiger partial charge on any atom is -0.378 e. The molecule has 0 N–H and O–H groups in total. The van der Waals surface area contributed by atoms with E-state index in [9.17, 15) is 4.79 Å². The van der Waals surface area contributed by atoms with Crippen LogP contribution in [-0.4, -0.2) is 46.9 Å². The first-order valence-corrected chi connectivity index (χ1v) is 9.47. The van der Waals surface area contributed by atoms with E-state index in [1.807, 2.05) is 52.2 Å². The Morgan fingerprint density at radius 3 is 2.46 bits per heavy atom. The second-order valence-corrected chi connectivity index (χ2v) is 6.85. The van der Waals surface area contributed by atoms with Crippen molar-refractivity contribution in [2.24, 2.45) is 0 Å². The van der Waals surface area contributed by atoms with Crippen molar-refractivity contribution in [3.8, 4) is 16.9 Å². The van der Waals surface area contributed by atoms with Crippen LogP contribution in [-0.2, 0) is 9.53 Å². The number of carbonyl (C=O) groups excluding carboxylic acids is 1. The van der Waals surface area contributed by atoms with E-state index < -0.39 is 0 Å². The molecule has 3 aromatic rings. The van der Waals surface area contributed by atoms with Crippen LogP contribution in [0.3, 0.4) is 0 Å². The molecule has 0 unspecified atom stereocenters. The molecule has 1 aliphatic rings. The average molecular weight is 373 g/mol. The van der Waals surface area contributed by atoms with Crippen molar-refractivity contribution < 1.29 is 9.53 Å². The molecule has 0 radical (unpaired) electrons.